The van der Waals surface area contributed by atoms with Gasteiger partial charge in [0.1, 0.15) is 29.8 Å². The number of ether oxygens (including phenoxy) is 2. The first-order valence-electron chi connectivity index (χ1n) is 13.1. The van der Waals surface area contributed by atoms with Crippen molar-refractivity contribution in [3.05, 3.63) is 59.9 Å². The minimum atomic E-state index is -5.37. The SMILES string of the molecule is COc1cc(N=C2NN3CCCCC(c4ccc(OC(F)(F)F)c(F)c4)C3N2OC(=O)C(F)(F)F)ccc1-n1cnc(C)n1. The van der Waals surface area contributed by atoms with E-state index in [1.165, 1.54) is 41.3 Å². The summed E-state index contributed by atoms with van der Waals surface area (Å²) in [6.07, 6.45) is -8.92. The Morgan fingerprint density at radius 3 is 2.48 bits per heavy atom. The quantitative estimate of drug-likeness (QED) is 0.375. The molecule has 0 saturated carbocycles. The Kier molecular flexibility index (Phi) is 8.28. The number of carbonyl (C=O) groups excluding carboxylic acids is 1. The summed E-state index contributed by atoms with van der Waals surface area (Å²) in [7, 11) is 1.39. The van der Waals surface area contributed by atoms with E-state index in [1.807, 2.05) is 0 Å². The van der Waals surface area contributed by atoms with Crippen molar-refractivity contribution in [3.63, 3.8) is 0 Å². The number of hydrogen-bond donors (Lipinski definition) is 1. The number of benzene rings is 2. The van der Waals surface area contributed by atoms with Gasteiger partial charge in [-0.2, -0.15) is 28.3 Å². The lowest BCUT2D eigenvalue weighted by Crippen LogP contribution is -2.46. The Morgan fingerprint density at radius 2 is 1.84 bits per heavy atom. The summed E-state index contributed by atoms with van der Waals surface area (Å²) in [5.41, 5.74) is 3.68. The van der Waals surface area contributed by atoms with Crippen LogP contribution in [-0.2, 0) is 9.63 Å². The molecule has 0 radical (unpaired) electrons. The monoisotopic (exact) mass is 631 g/mol. The summed E-state index contributed by atoms with van der Waals surface area (Å²) in [4.78, 5) is 25.3. The van der Waals surface area contributed by atoms with Crippen LogP contribution >= 0.6 is 0 Å². The van der Waals surface area contributed by atoms with Crippen LogP contribution in [0.4, 0.5) is 36.4 Å². The number of hydrazine groups is 1. The van der Waals surface area contributed by atoms with Gasteiger partial charge in [-0.25, -0.2) is 23.8 Å². The summed E-state index contributed by atoms with van der Waals surface area (Å²) in [6, 6.07) is 7.34. The molecule has 2 aliphatic heterocycles. The lowest BCUT2D eigenvalue weighted by Gasteiger charge is -2.32. The molecule has 5 rings (SSSR count). The molecule has 2 aliphatic rings. The molecular weight excluding hydrogens is 607 g/mol. The molecule has 0 aliphatic carbocycles. The molecule has 2 atom stereocenters. The molecule has 1 N–H and O–H groups in total. The highest BCUT2D eigenvalue weighted by atomic mass is 19.4. The lowest BCUT2D eigenvalue weighted by molar-refractivity contribution is -0.275. The van der Waals surface area contributed by atoms with E-state index in [0.29, 0.717) is 29.4 Å². The van der Waals surface area contributed by atoms with Gasteiger partial charge < -0.3 is 14.3 Å². The van der Waals surface area contributed by atoms with Crippen molar-refractivity contribution in [2.45, 2.75) is 50.8 Å². The third kappa shape index (κ3) is 6.63. The summed E-state index contributed by atoms with van der Waals surface area (Å²) < 4.78 is 103. The van der Waals surface area contributed by atoms with Crippen LogP contribution in [0, 0.1) is 12.7 Å². The van der Waals surface area contributed by atoms with Crippen LogP contribution in [0.1, 0.15) is 36.6 Å². The van der Waals surface area contributed by atoms with Crippen LogP contribution in [-0.4, -0.2) is 69.1 Å². The molecule has 236 valence electrons. The maximum atomic E-state index is 14.7. The van der Waals surface area contributed by atoms with Gasteiger partial charge in [-0.15, -0.1) is 13.2 Å². The number of hydroxylamine groups is 2. The number of nitrogens with zero attached hydrogens (tertiary/aromatic N) is 6. The van der Waals surface area contributed by atoms with Gasteiger partial charge in [0.05, 0.1) is 12.8 Å². The van der Waals surface area contributed by atoms with Crippen LogP contribution in [0.5, 0.6) is 11.5 Å². The zero-order valence-electron chi connectivity index (χ0n) is 23.0. The first kappa shape index (κ1) is 30.8. The Labute approximate surface area is 244 Å². The molecule has 18 heteroatoms. The predicted molar refractivity (Wildman–Crippen MR) is 137 cm³/mol. The van der Waals surface area contributed by atoms with Crippen molar-refractivity contribution < 1.29 is 49.8 Å². The van der Waals surface area contributed by atoms with Crippen LogP contribution in [0.3, 0.4) is 0 Å². The predicted octanol–water partition coefficient (Wildman–Crippen LogP) is 5.05. The highest BCUT2D eigenvalue weighted by molar-refractivity contribution is 5.86. The number of methoxy groups -OCH3 is 1. The molecule has 0 bridgehead atoms. The largest absolute Gasteiger partial charge is 0.573 e. The standard InChI is InChI=1S/C26H24F7N7O4/c1-14-34-13-39(36-14)19-8-7-16(12-21(19)42-2)35-24-37-38-10-4-3-5-17(22(38)40(24)44-23(41)25(28,29)30)15-6-9-20(18(27)11-15)43-26(31,32)33/h6-9,11-13,17,22H,3-5,10H2,1-2H3,(H,35,37). The van der Waals surface area contributed by atoms with Gasteiger partial charge in [0.25, 0.3) is 0 Å². The maximum Gasteiger partial charge on any atom is 0.573 e. The smallest absolute Gasteiger partial charge is 0.494 e. The fraction of sp³-hybridized carbons (Fsp3) is 0.385. The molecule has 1 aromatic heterocycles. The number of aryl methyl sites for hydroxylation is 1. The van der Waals surface area contributed by atoms with Gasteiger partial charge >= 0.3 is 18.5 Å². The number of nitrogens with one attached hydrogen (secondary N) is 1. The Bertz CT molecular complexity index is 1560. The van der Waals surface area contributed by atoms with Crippen LogP contribution in [0.15, 0.2) is 47.7 Å². The summed E-state index contributed by atoms with van der Waals surface area (Å²) in [5.74, 6) is -5.30. The average molecular weight is 632 g/mol. The summed E-state index contributed by atoms with van der Waals surface area (Å²) in [5, 5.41) is 6.34. The second-order valence-electron chi connectivity index (χ2n) is 9.79. The van der Waals surface area contributed by atoms with Crippen molar-refractivity contribution >= 4 is 17.6 Å². The highest BCUT2D eigenvalue weighted by Gasteiger charge is 2.50. The number of fused-ring (bicyclic) bond motifs is 1. The van der Waals surface area contributed by atoms with Crippen molar-refractivity contribution in [1.29, 1.82) is 0 Å². The summed E-state index contributed by atoms with van der Waals surface area (Å²) >= 11 is 0. The fourth-order valence-electron chi connectivity index (χ4n) is 4.98. The number of aliphatic imine (C=N–C) groups is 1. The van der Waals surface area contributed by atoms with E-state index in [1.54, 1.807) is 13.0 Å². The molecule has 2 aromatic carbocycles. The number of hydrogen-bond acceptors (Lipinski definition) is 8. The van der Waals surface area contributed by atoms with Crippen molar-refractivity contribution in [3.8, 4) is 17.2 Å². The molecule has 3 aromatic rings. The minimum absolute atomic E-state index is 0.138. The molecule has 0 spiro atoms. The van der Waals surface area contributed by atoms with Gasteiger partial charge in [-0.05, 0) is 49.6 Å². The number of guanidine groups is 1. The maximum absolute atomic E-state index is 14.7. The first-order valence-corrected chi connectivity index (χ1v) is 13.1. The van der Waals surface area contributed by atoms with Crippen LogP contribution in [0.25, 0.3) is 5.69 Å². The molecule has 2 fully saturated rings. The molecule has 44 heavy (non-hydrogen) atoms. The molecule has 2 saturated heterocycles. The van der Waals surface area contributed by atoms with Gasteiger partial charge in [-0.3, -0.25) is 5.43 Å². The number of carbonyl (C=O) groups is 1. The molecule has 3 heterocycles. The first-order chi connectivity index (χ1) is 20.7. The third-order valence-corrected chi connectivity index (χ3v) is 6.81. The van der Waals surface area contributed by atoms with Gasteiger partial charge in [-0.1, -0.05) is 12.5 Å². The number of halogens is 7. The Morgan fingerprint density at radius 1 is 1.07 bits per heavy atom. The molecular formula is C26H24F7N7O4. The van der Waals surface area contributed by atoms with E-state index < -0.39 is 42.2 Å². The zero-order valence-corrected chi connectivity index (χ0v) is 23.0. The highest BCUT2D eigenvalue weighted by Crippen LogP contribution is 2.39. The topological polar surface area (TPSA) is 106 Å². The molecule has 2 unspecified atom stereocenters. The Balaban J connectivity index is 1.53. The van der Waals surface area contributed by atoms with Crippen LogP contribution < -0.4 is 14.9 Å². The van der Waals surface area contributed by atoms with E-state index in [0.717, 1.165) is 12.1 Å². The number of alkyl halides is 6. The van der Waals surface area contributed by atoms with Gasteiger partial charge in [0, 0.05) is 18.5 Å². The average Bonchev–Trinajstić information content (AvgIpc) is 3.44. The van der Waals surface area contributed by atoms with E-state index in [2.05, 4.69) is 25.2 Å². The van der Waals surface area contributed by atoms with Gasteiger partial charge in [0.2, 0.25) is 5.96 Å². The minimum Gasteiger partial charge on any atom is -0.494 e. The normalized spacial score (nSPS) is 20.2. The second-order valence-corrected chi connectivity index (χ2v) is 9.79. The number of rotatable bonds is 6. The lowest BCUT2D eigenvalue weighted by atomic mass is 9.91. The van der Waals surface area contributed by atoms with E-state index >= 15 is 0 Å². The second kappa shape index (κ2) is 11.8. The van der Waals surface area contributed by atoms with Gasteiger partial charge in [0.15, 0.2) is 11.6 Å². The van der Waals surface area contributed by atoms with Crippen LogP contribution in [0.2, 0.25) is 0 Å². The summed E-state index contributed by atoms with van der Waals surface area (Å²) in [6.45, 7) is 1.95. The van der Waals surface area contributed by atoms with Crippen molar-refractivity contribution in [2.75, 3.05) is 13.7 Å². The van der Waals surface area contributed by atoms with E-state index in [9.17, 15) is 35.5 Å². The van der Waals surface area contributed by atoms with E-state index in [4.69, 9.17) is 9.57 Å². The Hall–Kier alpha value is -4.61. The molecule has 11 nitrogen and oxygen atoms in total. The third-order valence-electron chi connectivity index (χ3n) is 6.81. The fourth-order valence-corrected chi connectivity index (χ4v) is 4.98. The zero-order chi connectivity index (χ0) is 31.8. The molecule has 0 amide bonds. The van der Waals surface area contributed by atoms with Crippen molar-refractivity contribution in [1.82, 2.24) is 30.3 Å². The van der Waals surface area contributed by atoms with E-state index in [-0.39, 0.29) is 35.9 Å². The van der Waals surface area contributed by atoms with Crippen molar-refractivity contribution in [2.24, 2.45) is 4.99 Å². The number of aromatic nitrogens is 3.